The largest absolute Gasteiger partial charge is 0.459 e. The molecule has 0 atom stereocenters. The van der Waals surface area contributed by atoms with E-state index in [1.807, 2.05) is 5.01 Å². The minimum absolute atomic E-state index is 0.0228. The Balaban J connectivity index is 1.37. The quantitative estimate of drug-likeness (QED) is 0.762. The smallest absolute Gasteiger partial charge is 0.304 e. The first kappa shape index (κ1) is 19.2. The van der Waals surface area contributed by atoms with Crippen LogP contribution in [0.5, 0.6) is 0 Å². The van der Waals surface area contributed by atoms with Gasteiger partial charge in [-0.1, -0.05) is 36.8 Å². The summed E-state index contributed by atoms with van der Waals surface area (Å²) >= 11 is 0. The molecule has 2 saturated heterocycles. The summed E-state index contributed by atoms with van der Waals surface area (Å²) in [7, 11) is 0. The molecular formula is C23H31N3O2. The Hall–Kier alpha value is -2.11. The van der Waals surface area contributed by atoms with E-state index in [1.165, 1.54) is 12.0 Å². The van der Waals surface area contributed by atoms with E-state index in [0.717, 1.165) is 64.8 Å². The number of rotatable bonds is 6. The zero-order valence-electron chi connectivity index (χ0n) is 16.6. The van der Waals surface area contributed by atoms with E-state index in [2.05, 4.69) is 40.2 Å². The van der Waals surface area contributed by atoms with Crippen LogP contribution in [0.25, 0.3) is 0 Å². The zero-order valence-corrected chi connectivity index (χ0v) is 16.6. The van der Waals surface area contributed by atoms with E-state index in [-0.39, 0.29) is 11.9 Å². The fourth-order valence-electron chi connectivity index (χ4n) is 4.45. The Morgan fingerprint density at radius 2 is 1.71 bits per heavy atom. The second-order valence-corrected chi connectivity index (χ2v) is 7.95. The maximum absolute atomic E-state index is 13.2. The molecule has 2 fully saturated rings. The van der Waals surface area contributed by atoms with Gasteiger partial charge >= 0.3 is 5.91 Å². The molecule has 0 unspecified atom stereocenters. The highest BCUT2D eigenvalue weighted by Crippen LogP contribution is 2.24. The molecule has 5 heteroatoms. The predicted octanol–water partition coefficient (Wildman–Crippen LogP) is 3.83. The molecular weight excluding hydrogens is 350 g/mol. The van der Waals surface area contributed by atoms with E-state index in [9.17, 15) is 4.79 Å². The summed E-state index contributed by atoms with van der Waals surface area (Å²) in [6.07, 6.45) is 8.32. The Morgan fingerprint density at radius 3 is 2.39 bits per heavy atom. The molecule has 2 aliphatic rings. The highest BCUT2D eigenvalue weighted by atomic mass is 16.3. The maximum atomic E-state index is 13.2. The minimum atomic E-state index is 0.0228. The highest BCUT2D eigenvalue weighted by molar-refractivity contribution is 5.91. The predicted molar refractivity (Wildman–Crippen MR) is 110 cm³/mol. The molecule has 150 valence electrons. The van der Waals surface area contributed by atoms with Crippen LogP contribution in [0.3, 0.4) is 0 Å². The van der Waals surface area contributed by atoms with Crippen molar-refractivity contribution >= 4 is 5.91 Å². The van der Waals surface area contributed by atoms with Crippen LogP contribution in [0.15, 0.2) is 53.1 Å². The summed E-state index contributed by atoms with van der Waals surface area (Å²) < 4.78 is 5.44. The summed E-state index contributed by atoms with van der Waals surface area (Å²) in [5, 5.41) is 4.31. The summed E-state index contributed by atoms with van der Waals surface area (Å²) in [4.78, 5) is 15.7. The molecule has 4 rings (SSSR count). The van der Waals surface area contributed by atoms with Gasteiger partial charge in [-0.25, -0.2) is 5.01 Å². The van der Waals surface area contributed by atoms with Gasteiger partial charge in [0.2, 0.25) is 0 Å². The lowest BCUT2D eigenvalue weighted by Crippen LogP contribution is -2.56. The van der Waals surface area contributed by atoms with Crippen LogP contribution >= 0.6 is 0 Å². The summed E-state index contributed by atoms with van der Waals surface area (Å²) in [6, 6.07) is 14.5. The topological polar surface area (TPSA) is 39.9 Å². The lowest BCUT2D eigenvalue weighted by molar-refractivity contribution is -0.0619. The highest BCUT2D eigenvalue weighted by Gasteiger charge is 2.34. The van der Waals surface area contributed by atoms with Crippen molar-refractivity contribution in [1.82, 2.24) is 14.9 Å². The molecule has 0 saturated carbocycles. The molecule has 0 spiro atoms. The molecule has 5 nitrogen and oxygen atoms in total. The van der Waals surface area contributed by atoms with Gasteiger partial charge in [-0.05, 0) is 49.8 Å². The number of benzene rings is 1. The second-order valence-electron chi connectivity index (χ2n) is 7.95. The fraction of sp³-hybridized carbons (Fsp3) is 0.522. The summed E-state index contributed by atoms with van der Waals surface area (Å²) in [5.41, 5.74) is 1.40. The Bertz CT molecular complexity index is 718. The molecule has 3 heterocycles. The number of carbonyl (C=O) groups excluding carboxylic acids is 1. The van der Waals surface area contributed by atoms with Crippen LogP contribution in [-0.2, 0) is 6.42 Å². The van der Waals surface area contributed by atoms with E-state index < -0.39 is 0 Å². The Morgan fingerprint density at radius 1 is 0.964 bits per heavy atom. The minimum Gasteiger partial charge on any atom is -0.459 e. The van der Waals surface area contributed by atoms with Gasteiger partial charge in [0.05, 0.1) is 12.3 Å². The molecule has 1 aromatic heterocycles. The van der Waals surface area contributed by atoms with Crippen molar-refractivity contribution < 1.29 is 9.21 Å². The SMILES string of the molecule is O=C(c1ccco1)N(C1CCN(CCc2ccccc2)CC1)N1CCCCC1. The standard InChI is InChI=1S/C23H31N3O2/c27-23(22-10-7-19-28-22)26(25-14-5-2-6-15-25)21-12-17-24(18-13-21)16-11-20-8-3-1-4-9-20/h1,3-4,7-10,19,21H,2,5-6,11-18H2. The summed E-state index contributed by atoms with van der Waals surface area (Å²) in [6.45, 7) is 5.13. The second kappa shape index (κ2) is 9.39. The molecule has 2 aliphatic heterocycles. The first-order valence-electron chi connectivity index (χ1n) is 10.7. The molecule has 1 aromatic carbocycles. The van der Waals surface area contributed by atoms with Crippen molar-refractivity contribution in [2.24, 2.45) is 0 Å². The van der Waals surface area contributed by atoms with Gasteiger partial charge in [0.1, 0.15) is 0 Å². The van der Waals surface area contributed by atoms with Gasteiger partial charge in [0, 0.05) is 32.7 Å². The number of hydrogen-bond acceptors (Lipinski definition) is 4. The molecule has 0 N–H and O–H groups in total. The number of hydrogen-bond donors (Lipinski definition) is 0. The molecule has 0 bridgehead atoms. The van der Waals surface area contributed by atoms with Crippen molar-refractivity contribution in [2.45, 2.75) is 44.6 Å². The number of likely N-dealkylation sites (tertiary alicyclic amines) is 1. The average Bonchev–Trinajstić information content (AvgIpc) is 3.30. The van der Waals surface area contributed by atoms with Gasteiger partial charge in [-0.3, -0.25) is 9.80 Å². The average molecular weight is 382 g/mol. The third kappa shape index (κ3) is 4.65. The van der Waals surface area contributed by atoms with Crippen LogP contribution in [0.4, 0.5) is 0 Å². The molecule has 28 heavy (non-hydrogen) atoms. The van der Waals surface area contributed by atoms with Gasteiger partial charge in [-0.15, -0.1) is 0 Å². The number of nitrogens with zero attached hydrogens (tertiary/aromatic N) is 3. The number of amides is 1. The molecule has 0 aliphatic carbocycles. The lowest BCUT2D eigenvalue weighted by atomic mass is 10.0. The van der Waals surface area contributed by atoms with Crippen molar-refractivity contribution in [2.75, 3.05) is 32.7 Å². The van der Waals surface area contributed by atoms with Crippen molar-refractivity contribution in [3.8, 4) is 0 Å². The van der Waals surface area contributed by atoms with Gasteiger partial charge in [0.15, 0.2) is 5.76 Å². The van der Waals surface area contributed by atoms with Crippen molar-refractivity contribution in [3.63, 3.8) is 0 Å². The van der Waals surface area contributed by atoms with E-state index in [4.69, 9.17) is 4.42 Å². The van der Waals surface area contributed by atoms with Crippen molar-refractivity contribution in [1.29, 1.82) is 0 Å². The van der Waals surface area contributed by atoms with E-state index in [1.54, 1.807) is 18.4 Å². The lowest BCUT2D eigenvalue weighted by Gasteiger charge is -2.44. The number of hydrazine groups is 1. The van der Waals surface area contributed by atoms with Crippen LogP contribution in [0.1, 0.15) is 48.2 Å². The number of piperidine rings is 2. The first-order chi connectivity index (χ1) is 13.8. The van der Waals surface area contributed by atoms with Crippen LogP contribution in [0.2, 0.25) is 0 Å². The fourth-order valence-corrected chi connectivity index (χ4v) is 4.45. The molecule has 1 amide bonds. The number of furan rings is 1. The maximum Gasteiger partial charge on any atom is 0.304 e. The first-order valence-corrected chi connectivity index (χ1v) is 10.7. The Labute approximate surface area is 167 Å². The van der Waals surface area contributed by atoms with Crippen LogP contribution in [0, 0.1) is 0 Å². The Kier molecular flexibility index (Phi) is 6.45. The monoisotopic (exact) mass is 381 g/mol. The van der Waals surface area contributed by atoms with E-state index >= 15 is 0 Å². The molecule has 0 radical (unpaired) electrons. The normalized spacial score (nSPS) is 19.6. The number of carbonyl (C=O) groups is 1. The van der Waals surface area contributed by atoms with Crippen LogP contribution < -0.4 is 0 Å². The van der Waals surface area contributed by atoms with Crippen LogP contribution in [-0.4, -0.2) is 59.6 Å². The van der Waals surface area contributed by atoms with Crippen molar-refractivity contribution in [3.05, 3.63) is 60.1 Å². The molecule has 2 aromatic rings. The van der Waals surface area contributed by atoms with Gasteiger partial charge in [-0.2, -0.15) is 0 Å². The third-order valence-corrected chi connectivity index (χ3v) is 6.04. The van der Waals surface area contributed by atoms with Gasteiger partial charge < -0.3 is 9.32 Å². The summed E-state index contributed by atoms with van der Waals surface area (Å²) in [5.74, 6) is 0.478. The van der Waals surface area contributed by atoms with E-state index in [0.29, 0.717) is 5.76 Å². The third-order valence-electron chi connectivity index (χ3n) is 6.04. The zero-order chi connectivity index (χ0) is 19.2. The van der Waals surface area contributed by atoms with Gasteiger partial charge in [0.25, 0.3) is 0 Å².